The predicted molar refractivity (Wildman–Crippen MR) is 120 cm³/mol. The van der Waals surface area contributed by atoms with Gasteiger partial charge in [0.05, 0.1) is 5.75 Å². The smallest absolute Gasteiger partial charge is 0.236 e. The van der Waals surface area contributed by atoms with Gasteiger partial charge < -0.3 is 4.90 Å². The van der Waals surface area contributed by atoms with Gasteiger partial charge in [0.2, 0.25) is 15.9 Å². The molecule has 1 amide bonds. The van der Waals surface area contributed by atoms with Crippen molar-refractivity contribution in [2.75, 3.05) is 26.4 Å². The number of nitrogens with one attached hydrogen (secondary N) is 1. The van der Waals surface area contributed by atoms with E-state index in [-0.39, 0.29) is 11.7 Å². The third-order valence-corrected chi connectivity index (χ3v) is 6.00. The first-order chi connectivity index (χ1) is 13.4. The van der Waals surface area contributed by atoms with Crippen molar-refractivity contribution in [2.24, 2.45) is 0 Å². The zero-order chi connectivity index (χ0) is 21.1. The second kappa shape index (κ2) is 18.2. The highest BCUT2D eigenvalue weighted by Gasteiger charge is 2.14. The largest absolute Gasteiger partial charge is 0.308 e. The molecule has 5 nitrogen and oxygen atoms in total. The molecule has 0 atom stereocenters. The third kappa shape index (κ3) is 19.9. The van der Waals surface area contributed by atoms with Gasteiger partial charge in [0.15, 0.2) is 0 Å². The lowest BCUT2D eigenvalue weighted by atomic mass is 10.1. The molecule has 0 aromatic rings. The maximum Gasteiger partial charge on any atom is 0.236 e. The number of carbonyl (C=O) groups is 1. The summed E-state index contributed by atoms with van der Waals surface area (Å²) in [5.74, 6) is -0.422. The first-order valence-corrected chi connectivity index (χ1v) is 12.9. The standard InChI is InChI=1S/C22H44N2O3S/c1-4-5-6-7-8-9-10-11-12-13-14-15-16-17-18-19-22(25)23-28(26,27)21-20-24(2)3/h11-12H,4-10,13-21H2,1-3H3,(H,23,25)/b12-11-. The van der Waals surface area contributed by atoms with E-state index < -0.39 is 10.0 Å². The highest BCUT2D eigenvalue weighted by atomic mass is 32.2. The Morgan fingerprint density at radius 2 is 1.32 bits per heavy atom. The van der Waals surface area contributed by atoms with E-state index in [2.05, 4.69) is 23.8 Å². The molecule has 0 saturated heterocycles. The summed E-state index contributed by atoms with van der Waals surface area (Å²) in [6, 6.07) is 0. The van der Waals surface area contributed by atoms with E-state index in [0.29, 0.717) is 13.0 Å². The summed E-state index contributed by atoms with van der Waals surface area (Å²) in [4.78, 5) is 13.5. The van der Waals surface area contributed by atoms with Gasteiger partial charge in [-0.15, -0.1) is 0 Å². The molecule has 0 radical (unpaired) electrons. The van der Waals surface area contributed by atoms with Gasteiger partial charge in [0.1, 0.15) is 0 Å². The van der Waals surface area contributed by atoms with Crippen molar-refractivity contribution < 1.29 is 13.2 Å². The van der Waals surface area contributed by atoms with E-state index in [9.17, 15) is 13.2 Å². The van der Waals surface area contributed by atoms with E-state index in [1.165, 1.54) is 57.8 Å². The summed E-state index contributed by atoms with van der Waals surface area (Å²) in [5, 5.41) is 0. The number of sulfonamides is 1. The zero-order valence-corrected chi connectivity index (χ0v) is 19.4. The predicted octanol–water partition coefficient (Wildman–Crippen LogP) is 5.03. The van der Waals surface area contributed by atoms with Crippen LogP contribution < -0.4 is 4.72 Å². The monoisotopic (exact) mass is 416 g/mol. The van der Waals surface area contributed by atoms with Crippen LogP contribution in [0.15, 0.2) is 12.2 Å². The molecule has 0 spiro atoms. The fraction of sp³-hybridized carbons (Fsp3) is 0.864. The van der Waals surface area contributed by atoms with Crippen molar-refractivity contribution in [1.29, 1.82) is 0 Å². The highest BCUT2D eigenvalue weighted by Crippen LogP contribution is 2.10. The maximum atomic E-state index is 11.7. The molecule has 0 rings (SSSR count). The molecule has 1 N–H and O–H groups in total. The van der Waals surface area contributed by atoms with Crippen LogP contribution >= 0.6 is 0 Å². The van der Waals surface area contributed by atoms with Crippen LogP contribution in [0.5, 0.6) is 0 Å². The van der Waals surface area contributed by atoms with Gasteiger partial charge >= 0.3 is 0 Å². The van der Waals surface area contributed by atoms with Gasteiger partial charge in [-0.1, -0.05) is 70.4 Å². The Kier molecular flexibility index (Phi) is 17.6. The average molecular weight is 417 g/mol. The van der Waals surface area contributed by atoms with E-state index >= 15 is 0 Å². The van der Waals surface area contributed by atoms with Gasteiger partial charge in [-0.2, -0.15) is 0 Å². The number of nitrogens with zero attached hydrogens (tertiary/aromatic N) is 1. The van der Waals surface area contributed by atoms with E-state index in [4.69, 9.17) is 0 Å². The Morgan fingerprint density at radius 3 is 1.86 bits per heavy atom. The van der Waals surface area contributed by atoms with Crippen molar-refractivity contribution >= 4 is 15.9 Å². The van der Waals surface area contributed by atoms with Gasteiger partial charge in [-0.25, -0.2) is 8.42 Å². The first kappa shape index (κ1) is 27.1. The lowest BCUT2D eigenvalue weighted by Crippen LogP contribution is -2.35. The maximum absolute atomic E-state index is 11.7. The molecule has 166 valence electrons. The lowest BCUT2D eigenvalue weighted by Gasteiger charge is -2.10. The zero-order valence-electron chi connectivity index (χ0n) is 18.5. The molecule has 0 aliphatic carbocycles. The molecular weight excluding hydrogens is 372 g/mol. The van der Waals surface area contributed by atoms with Crippen molar-refractivity contribution in [3.8, 4) is 0 Å². The minimum Gasteiger partial charge on any atom is -0.308 e. The number of hydrogen-bond acceptors (Lipinski definition) is 4. The molecule has 28 heavy (non-hydrogen) atoms. The van der Waals surface area contributed by atoms with Crippen LogP contribution in [0, 0.1) is 0 Å². The van der Waals surface area contributed by atoms with Gasteiger partial charge in [-0.05, 0) is 46.2 Å². The van der Waals surface area contributed by atoms with Crippen LogP contribution in [0.3, 0.4) is 0 Å². The number of hydrogen-bond donors (Lipinski definition) is 1. The summed E-state index contributed by atoms with van der Waals surface area (Å²) in [7, 11) is 0.121. The van der Waals surface area contributed by atoms with Gasteiger partial charge in [-0.3, -0.25) is 9.52 Å². The first-order valence-electron chi connectivity index (χ1n) is 11.2. The van der Waals surface area contributed by atoms with Crippen LogP contribution in [0.2, 0.25) is 0 Å². The Labute approximate surface area is 174 Å². The Bertz CT molecular complexity index is 502. The molecule has 0 aromatic heterocycles. The number of carbonyl (C=O) groups excluding carboxylic acids is 1. The number of rotatable bonds is 19. The number of amides is 1. The quantitative estimate of drug-likeness (QED) is 0.237. The molecule has 0 aromatic carbocycles. The summed E-state index contributed by atoms with van der Waals surface area (Å²) in [6.07, 6.45) is 20.6. The van der Waals surface area contributed by atoms with Gasteiger partial charge in [0.25, 0.3) is 0 Å². The minimum atomic E-state index is -3.50. The summed E-state index contributed by atoms with van der Waals surface area (Å²) in [6.45, 7) is 2.66. The highest BCUT2D eigenvalue weighted by molar-refractivity contribution is 7.90. The summed E-state index contributed by atoms with van der Waals surface area (Å²) < 4.78 is 25.6. The van der Waals surface area contributed by atoms with Crippen molar-refractivity contribution in [3.05, 3.63) is 12.2 Å². The molecule has 0 saturated carbocycles. The molecule has 0 heterocycles. The summed E-state index contributed by atoms with van der Waals surface area (Å²) >= 11 is 0. The van der Waals surface area contributed by atoms with Crippen LogP contribution in [0.4, 0.5) is 0 Å². The second-order valence-corrected chi connectivity index (χ2v) is 9.82. The van der Waals surface area contributed by atoms with Crippen molar-refractivity contribution in [3.63, 3.8) is 0 Å². The average Bonchev–Trinajstić information content (AvgIpc) is 2.63. The topological polar surface area (TPSA) is 66.5 Å². The Hall–Kier alpha value is -0.880. The normalized spacial score (nSPS) is 12.1. The second-order valence-electron chi connectivity index (χ2n) is 7.98. The summed E-state index contributed by atoms with van der Waals surface area (Å²) in [5.41, 5.74) is 0. The molecule has 0 fully saturated rings. The molecule has 0 bridgehead atoms. The Morgan fingerprint density at radius 1 is 0.821 bits per heavy atom. The Balaban J connectivity index is 3.47. The molecule has 0 unspecified atom stereocenters. The minimum absolute atomic E-state index is 0.0435. The molecule has 0 aliphatic heterocycles. The SMILES string of the molecule is CCCCCCCC/C=C\CCCCCCCC(=O)NS(=O)(=O)CCN(C)C. The van der Waals surface area contributed by atoms with Crippen LogP contribution in [-0.4, -0.2) is 45.6 Å². The fourth-order valence-electron chi connectivity index (χ4n) is 2.93. The molecular formula is C22H44N2O3S. The lowest BCUT2D eigenvalue weighted by molar-refractivity contribution is -0.119. The van der Waals surface area contributed by atoms with Crippen molar-refractivity contribution in [1.82, 2.24) is 9.62 Å². The molecule has 0 aliphatic rings. The van der Waals surface area contributed by atoms with E-state index in [0.717, 1.165) is 25.7 Å². The van der Waals surface area contributed by atoms with Crippen LogP contribution in [0.1, 0.15) is 96.8 Å². The third-order valence-electron chi connectivity index (χ3n) is 4.74. The van der Waals surface area contributed by atoms with Gasteiger partial charge in [0, 0.05) is 13.0 Å². The fourth-order valence-corrected chi connectivity index (χ4v) is 4.09. The number of allylic oxidation sites excluding steroid dienone is 2. The van der Waals surface area contributed by atoms with E-state index in [1.54, 1.807) is 4.90 Å². The van der Waals surface area contributed by atoms with Crippen molar-refractivity contribution in [2.45, 2.75) is 96.8 Å². The molecule has 6 heteroatoms. The van der Waals surface area contributed by atoms with Crippen LogP contribution in [-0.2, 0) is 14.8 Å². The number of unbranched alkanes of at least 4 members (excludes halogenated alkanes) is 11. The van der Waals surface area contributed by atoms with Crippen LogP contribution in [0.25, 0.3) is 0 Å². The van der Waals surface area contributed by atoms with E-state index in [1.807, 2.05) is 14.1 Å².